The van der Waals surface area contributed by atoms with Crippen LogP contribution in [0.15, 0.2) is 36.7 Å². The van der Waals surface area contributed by atoms with Gasteiger partial charge >= 0.3 is 0 Å². The van der Waals surface area contributed by atoms with Crippen molar-refractivity contribution >= 4 is 5.91 Å². The fraction of sp³-hybridized carbons (Fsp3) is 0.522. The van der Waals surface area contributed by atoms with Crippen molar-refractivity contribution in [2.75, 3.05) is 7.11 Å². The predicted octanol–water partition coefficient (Wildman–Crippen LogP) is 2.34. The second-order valence-corrected chi connectivity index (χ2v) is 8.30. The van der Waals surface area contributed by atoms with E-state index in [9.17, 15) is 4.79 Å². The van der Waals surface area contributed by atoms with E-state index >= 15 is 0 Å². The number of aryl methyl sites for hydroxylation is 1. The van der Waals surface area contributed by atoms with Crippen LogP contribution in [-0.4, -0.2) is 41.2 Å². The Morgan fingerprint density at radius 3 is 2.55 bits per heavy atom. The monoisotopic (exact) mass is 394 g/mol. The van der Waals surface area contributed by atoms with Gasteiger partial charge in [-0.2, -0.15) is 0 Å². The number of hydrogen-bond acceptors (Lipinski definition) is 5. The number of carbonyl (C=O) groups excluding carboxylic acids is 1. The number of methoxy groups -OCH3 is 1. The lowest BCUT2D eigenvalue weighted by Crippen LogP contribution is -2.51. The van der Waals surface area contributed by atoms with Gasteiger partial charge in [0.1, 0.15) is 0 Å². The lowest BCUT2D eigenvalue weighted by Gasteiger charge is -2.37. The maximum Gasteiger partial charge on any atom is 0.223 e. The number of nitrogens with zero attached hydrogens (tertiary/aromatic N) is 2. The summed E-state index contributed by atoms with van der Waals surface area (Å²) in [6, 6.07) is 9.27. The Kier molecular flexibility index (Phi) is 6.21. The Bertz CT molecular complexity index is 814. The number of benzene rings is 1. The summed E-state index contributed by atoms with van der Waals surface area (Å²) in [5, 5.41) is 6.84. The highest BCUT2D eigenvalue weighted by molar-refractivity contribution is 5.78. The van der Waals surface area contributed by atoms with Gasteiger partial charge in [-0.15, -0.1) is 0 Å². The number of carbonyl (C=O) groups is 1. The van der Waals surface area contributed by atoms with Crippen molar-refractivity contribution in [3.8, 4) is 0 Å². The first kappa shape index (κ1) is 20.0. The topological polar surface area (TPSA) is 76.1 Å². The third-order valence-corrected chi connectivity index (χ3v) is 6.24. The van der Waals surface area contributed by atoms with Gasteiger partial charge in [0.15, 0.2) is 0 Å². The molecule has 154 valence electrons. The standard InChI is InChI=1S/C23H30N4O2/c1-15-12-25-20(13-24-15)14-26-23(28)18-7-8-22(29-2)21(11-18)27-19-9-16-5-3-4-6-17(16)10-19/h3-6,12-13,18-19,21-22,27H,7-11,14H2,1-2H3,(H,26,28)/t18-,21+,22+/m0/s1. The smallest absolute Gasteiger partial charge is 0.223 e. The fourth-order valence-corrected chi connectivity index (χ4v) is 4.65. The van der Waals surface area contributed by atoms with Gasteiger partial charge < -0.3 is 15.4 Å². The molecule has 6 heteroatoms. The molecule has 1 saturated carbocycles. The van der Waals surface area contributed by atoms with Gasteiger partial charge in [0.05, 0.1) is 30.2 Å². The van der Waals surface area contributed by atoms with E-state index < -0.39 is 0 Å². The molecule has 1 fully saturated rings. The van der Waals surface area contributed by atoms with E-state index in [2.05, 4.69) is 44.9 Å². The van der Waals surface area contributed by atoms with E-state index in [4.69, 9.17) is 4.74 Å². The summed E-state index contributed by atoms with van der Waals surface area (Å²) in [4.78, 5) is 21.3. The summed E-state index contributed by atoms with van der Waals surface area (Å²) in [6.07, 6.45) is 8.26. The van der Waals surface area contributed by atoms with E-state index in [0.717, 1.165) is 43.5 Å². The number of hydrogen-bond donors (Lipinski definition) is 2. The fourth-order valence-electron chi connectivity index (χ4n) is 4.65. The molecule has 4 rings (SSSR count). The Hall–Kier alpha value is -2.31. The maximum absolute atomic E-state index is 12.8. The lowest BCUT2D eigenvalue weighted by atomic mass is 9.82. The average molecular weight is 395 g/mol. The second-order valence-electron chi connectivity index (χ2n) is 8.30. The molecule has 0 radical (unpaired) electrons. The van der Waals surface area contributed by atoms with Crippen molar-refractivity contribution in [2.45, 2.75) is 63.8 Å². The molecule has 3 atom stereocenters. The summed E-state index contributed by atoms with van der Waals surface area (Å²) in [5.74, 6) is 0.101. The molecule has 6 nitrogen and oxygen atoms in total. The first-order chi connectivity index (χ1) is 14.1. The maximum atomic E-state index is 12.8. The molecular weight excluding hydrogens is 364 g/mol. The highest BCUT2D eigenvalue weighted by Crippen LogP contribution is 2.29. The molecule has 2 N–H and O–H groups in total. The van der Waals surface area contributed by atoms with Crippen molar-refractivity contribution in [1.82, 2.24) is 20.6 Å². The third kappa shape index (κ3) is 4.82. The molecular formula is C23H30N4O2. The highest BCUT2D eigenvalue weighted by Gasteiger charge is 2.36. The largest absolute Gasteiger partial charge is 0.380 e. The SMILES string of the molecule is CO[C@@H]1CC[C@H](C(=O)NCc2cnc(C)cn2)C[C@H]1NC1Cc2ccccc2C1. The van der Waals surface area contributed by atoms with Gasteiger partial charge in [0.25, 0.3) is 0 Å². The zero-order valence-electron chi connectivity index (χ0n) is 17.2. The molecule has 1 heterocycles. The first-order valence-electron chi connectivity index (χ1n) is 10.5. The van der Waals surface area contributed by atoms with Gasteiger partial charge in [-0.25, -0.2) is 0 Å². The van der Waals surface area contributed by atoms with E-state index in [1.807, 2.05) is 6.92 Å². The van der Waals surface area contributed by atoms with Crippen molar-refractivity contribution in [3.05, 3.63) is 59.2 Å². The van der Waals surface area contributed by atoms with Gasteiger partial charge in [0, 0.05) is 31.3 Å². The van der Waals surface area contributed by atoms with Crippen LogP contribution < -0.4 is 10.6 Å². The zero-order chi connectivity index (χ0) is 20.2. The van der Waals surface area contributed by atoms with Crippen molar-refractivity contribution < 1.29 is 9.53 Å². The minimum atomic E-state index is 0.00101. The van der Waals surface area contributed by atoms with Gasteiger partial charge in [-0.3, -0.25) is 14.8 Å². The minimum absolute atomic E-state index is 0.00101. The number of nitrogens with one attached hydrogen (secondary N) is 2. The molecule has 1 aromatic heterocycles. The Labute approximate surface area is 172 Å². The van der Waals surface area contributed by atoms with E-state index in [1.54, 1.807) is 19.5 Å². The van der Waals surface area contributed by atoms with Crippen LogP contribution >= 0.6 is 0 Å². The van der Waals surface area contributed by atoms with Crippen LogP contribution in [0.2, 0.25) is 0 Å². The van der Waals surface area contributed by atoms with Crippen molar-refractivity contribution in [3.63, 3.8) is 0 Å². The van der Waals surface area contributed by atoms with Crippen LogP contribution in [-0.2, 0) is 28.9 Å². The number of rotatable bonds is 6. The normalized spacial score (nSPS) is 24.3. The Morgan fingerprint density at radius 2 is 1.90 bits per heavy atom. The molecule has 0 aliphatic heterocycles. The van der Waals surface area contributed by atoms with Crippen LogP contribution in [0.1, 0.15) is 41.8 Å². The number of amides is 1. The predicted molar refractivity (Wildman–Crippen MR) is 111 cm³/mol. The molecule has 1 aromatic carbocycles. The summed E-state index contributed by atoms with van der Waals surface area (Å²) in [6.45, 7) is 2.33. The van der Waals surface area contributed by atoms with Crippen LogP contribution in [0.3, 0.4) is 0 Å². The Morgan fingerprint density at radius 1 is 1.14 bits per heavy atom. The molecule has 0 saturated heterocycles. The summed E-state index contributed by atoms with van der Waals surface area (Å²) < 4.78 is 5.75. The van der Waals surface area contributed by atoms with Crippen molar-refractivity contribution in [2.24, 2.45) is 5.92 Å². The number of aromatic nitrogens is 2. The Balaban J connectivity index is 1.33. The lowest BCUT2D eigenvalue weighted by molar-refractivity contribution is -0.127. The molecule has 2 aliphatic rings. The molecule has 29 heavy (non-hydrogen) atoms. The number of ether oxygens (including phenoxy) is 1. The second kappa shape index (κ2) is 9.01. The zero-order valence-corrected chi connectivity index (χ0v) is 17.2. The molecule has 0 spiro atoms. The summed E-state index contributed by atoms with van der Waals surface area (Å²) in [7, 11) is 1.78. The molecule has 2 aliphatic carbocycles. The van der Waals surface area contributed by atoms with Crippen LogP contribution in [0.5, 0.6) is 0 Å². The molecule has 0 unspecified atom stereocenters. The van der Waals surface area contributed by atoms with E-state index in [0.29, 0.717) is 12.6 Å². The van der Waals surface area contributed by atoms with Crippen LogP contribution in [0.4, 0.5) is 0 Å². The third-order valence-electron chi connectivity index (χ3n) is 6.24. The molecule has 2 aromatic rings. The van der Waals surface area contributed by atoms with Gasteiger partial charge in [-0.1, -0.05) is 24.3 Å². The molecule has 1 amide bonds. The average Bonchev–Trinajstić information content (AvgIpc) is 3.15. The van der Waals surface area contributed by atoms with Crippen LogP contribution in [0, 0.1) is 12.8 Å². The molecule has 0 bridgehead atoms. The van der Waals surface area contributed by atoms with E-state index in [1.165, 1.54) is 11.1 Å². The summed E-state index contributed by atoms with van der Waals surface area (Å²) in [5.41, 5.74) is 4.53. The highest BCUT2D eigenvalue weighted by atomic mass is 16.5. The van der Waals surface area contributed by atoms with Gasteiger partial charge in [-0.05, 0) is 50.2 Å². The van der Waals surface area contributed by atoms with E-state index in [-0.39, 0.29) is 24.0 Å². The minimum Gasteiger partial charge on any atom is -0.380 e. The van der Waals surface area contributed by atoms with Crippen LogP contribution in [0.25, 0.3) is 0 Å². The first-order valence-corrected chi connectivity index (χ1v) is 10.5. The van der Waals surface area contributed by atoms with Gasteiger partial charge in [0.2, 0.25) is 5.91 Å². The van der Waals surface area contributed by atoms with Crippen molar-refractivity contribution in [1.29, 1.82) is 0 Å². The summed E-state index contributed by atoms with van der Waals surface area (Å²) >= 11 is 0. The quantitative estimate of drug-likeness (QED) is 0.787. The number of fused-ring (bicyclic) bond motifs is 1.